The lowest BCUT2D eigenvalue weighted by atomic mass is 9.86. The molecule has 0 saturated carbocycles. The largest absolute Gasteiger partial charge is 0.341 e. The average molecular weight is 244 g/mol. The van der Waals surface area contributed by atoms with Crippen molar-refractivity contribution in [3.05, 3.63) is 29.3 Å². The zero-order valence-electron chi connectivity index (χ0n) is 10.3. The Morgan fingerprint density at radius 2 is 2.39 bits per heavy atom. The Bertz CT molecular complexity index is 524. The molecule has 1 aliphatic carbocycles. The second kappa shape index (κ2) is 4.33. The number of urea groups is 1. The van der Waals surface area contributed by atoms with Gasteiger partial charge >= 0.3 is 6.03 Å². The van der Waals surface area contributed by atoms with E-state index in [1.165, 1.54) is 11.1 Å². The molecule has 18 heavy (non-hydrogen) atoms. The quantitative estimate of drug-likeness (QED) is 0.651. The number of carbonyl (C=O) groups is 1. The molecule has 1 atom stereocenters. The lowest BCUT2D eigenvalue weighted by Crippen LogP contribution is -2.43. The molecule has 3 rings (SSSR count). The van der Waals surface area contributed by atoms with Crippen LogP contribution in [0.4, 0.5) is 10.5 Å². The molecular weight excluding hydrogens is 228 g/mol. The van der Waals surface area contributed by atoms with Crippen LogP contribution in [0, 0.1) is 0 Å². The molecule has 1 aromatic carbocycles. The number of aliphatic imine (C=N–C) groups is 1. The van der Waals surface area contributed by atoms with Crippen molar-refractivity contribution < 1.29 is 4.79 Å². The minimum atomic E-state index is -0.253. The number of carbonyl (C=O) groups excluding carboxylic acids is 1. The van der Waals surface area contributed by atoms with Crippen molar-refractivity contribution in [1.29, 1.82) is 0 Å². The summed E-state index contributed by atoms with van der Waals surface area (Å²) < 4.78 is 0. The Labute approximate surface area is 106 Å². The maximum Gasteiger partial charge on any atom is 0.321 e. The highest BCUT2D eigenvalue weighted by Gasteiger charge is 2.27. The van der Waals surface area contributed by atoms with Crippen molar-refractivity contribution in [3.8, 4) is 0 Å². The number of hydrogen-bond donors (Lipinski definition) is 3. The summed E-state index contributed by atoms with van der Waals surface area (Å²) in [5.41, 5.74) is 3.74. The van der Waals surface area contributed by atoms with Gasteiger partial charge in [-0.05, 0) is 30.9 Å². The van der Waals surface area contributed by atoms with Crippen molar-refractivity contribution in [3.63, 3.8) is 0 Å². The van der Waals surface area contributed by atoms with Gasteiger partial charge in [0.1, 0.15) is 0 Å². The molecule has 2 amide bonds. The van der Waals surface area contributed by atoms with Crippen molar-refractivity contribution in [2.24, 2.45) is 4.99 Å². The van der Waals surface area contributed by atoms with Crippen molar-refractivity contribution in [1.82, 2.24) is 10.6 Å². The molecule has 1 aromatic rings. The van der Waals surface area contributed by atoms with Gasteiger partial charge in [0.05, 0.1) is 6.04 Å². The maximum absolute atomic E-state index is 11.3. The minimum Gasteiger partial charge on any atom is -0.341 e. The van der Waals surface area contributed by atoms with E-state index in [1.807, 2.05) is 12.1 Å². The molecule has 0 fully saturated rings. The lowest BCUT2D eigenvalue weighted by Gasteiger charge is -2.30. The fourth-order valence-corrected chi connectivity index (χ4v) is 2.64. The molecule has 1 aliphatic heterocycles. The average Bonchev–Trinajstić information content (AvgIpc) is 2.39. The molecule has 2 aliphatic rings. The summed E-state index contributed by atoms with van der Waals surface area (Å²) in [5, 5.41) is 8.41. The number of benzene rings is 1. The standard InChI is InChI=1S/C13H16N4O/c1-14-13(18)17-12-15-9-6-2-4-8-5-3-7-10(16-12)11(8)9/h2,4,6,10H,3,5,7H2,1H3,(H3,14,15,16,17,18). The van der Waals surface area contributed by atoms with Crippen LogP contribution < -0.4 is 16.0 Å². The highest BCUT2D eigenvalue weighted by atomic mass is 16.2. The summed E-state index contributed by atoms with van der Waals surface area (Å²) in [5.74, 6) is 0.533. The summed E-state index contributed by atoms with van der Waals surface area (Å²) in [4.78, 5) is 15.9. The summed E-state index contributed by atoms with van der Waals surface area (Å²) in [6.07, 6.45) is 3.32. The van der Waals surface area contributed by atoms with Gasteiger partial charge in [0.2, 0.25) is 5.96 Å². The number of nitrogens with zero attached hydrogens (tertiary/aromatic N) is 1. The number of nitrogens with one attached hydrogen (secondary N) is 3. The molecule has 5 nitrogen and oxygen atoms in total. The maximum atomic E-state index is 11.3. The van der Waals surface area contributed by atoms with E-state index in [-0.39, 0.29) is 12.1 Å². The second-order valence-corrected chi connectivity index (χ2v) is 4.59. The van der Waals surface area contributed by atoms with Gasteiger partial charge in [0, 0.05) is 18.3 Å². The Hall–Kier alpha value is -2.04. The van der Waals surface area contributed by atoms with Crippen molar-refractivity contribution >= 4 is 17.7 Å². The fourth-order valence-electron chi connectivity index (χ4n) is 2.64. The Kier molecular flexibility index (Phi) is 2.66. The van der Waals surface area contributed by atoms with Crippen LogP contribution in [-0.4, -0.2) is 19.0 Å². The highest BCUT2D eigenvalue weighted by molar-refractivity contribution is 6.05. The summed E-state index contributed by atoms with van der Waals surface area (Å²) in [7, 11) is 1.59. The van der Waals surface area contributed by atoms with Crippen LogP contribution in [0.15, 0.2) is 23.2 Å². The summed E-state index contributed by atoms with van der Waals surface area (Å²) in [6.45, 7) is 0. The van der Waals surface area contributed by atoms with Gasteiger partial charge in [0.25, 0.3) is 0 Å². The first kappa shape index (κ1) is 11.1. The smallest absolute Gasteiger partial charge is 0.321 e. The lowest BCUT2D eigenvalue weighted by molar-refractivity contribution is 0.247. The van der Waals surface area contributed by atoms with E-state index in [0.29, 0.717) is 5.96 Å². The number of rotatable bonds is 0. The number of amides is 2. The van der Waals surface area contributed by atoms with Gasteiger partial charge in [-0.2, -0.15) is 0 Å². The Balaban J connectivity index is 1.93. The summed E-state index contributed by atoms with van der Waals surface area (Å²) in [6, 6.07) is 6.18. The van der Waals surface area contributed by atoms with E-state index in [0.717, 1.165) is 24.9 Å². The van der Waals surface area contributed by atoms with Gasteiger partial charge in [-0.3, -0.25) is 5.32 Å². The zero-order chi connectivity index (χ0) is 12.5. The number of guanidine groups is 1. The van der Waals surface area contributed by atoms with Gasteiger partial charge < -0.3 is 10.6 Å². The number of aryl methyl sites for hydroxylation is 1. The molecular formula is C13H16N4O. The zero-order valence-corrected chi connectivity index (χ0v) is 10.3. The van der Waals surface area contributed by atoms with Gasteiger partial charge in [-0.15, -0.1) is 0 Å². The summed E-state index contributed by atoms with van der Waals surface area (Å²) >= 11 is 0. The first-order chi connectivity index (χ1) is 8.78. The monoisotopic (exact) mass is 244 g/mol. The predicted molar refractivity (Wildman–Crippen MR) is 70.8 cm³/mol. The molecule has 3 N–H and O–H groups in total. The Morgan fingerprint density at radius 3 is 3.22 bits per heavy atom. The van der Waals surface area contributed by atoms with Crippen LogP contribution in [0.2, 0.25) is 0 Å². The number of hydrogen-bond acceptors (Lipinski definition) is 3. The SMILES string of the molecule is CNC(=O)NC1=NC2CCCc3cccc(c32)N1. The van der Waals surface area contributed by atoms with E-state index in [9.17, 15) is 4.79 Å². The van der Waals surface area contributed by atoms with E-state index in [1.54, 1.807) is 7.05 Å². The number of anilines is 1. The van der Waals surface area contributed by atoms with E-state index in [2.05, 4.69) is 27.0 Å². The second-order valence-electron chi connectivity index (χ2n) is 4.59. The Morgan fingerprint density at radius 1 is 1.50 bits per heavy atom. The third-order valence-electron chi connectivity index (χ3n) is 3.45. The first-order valence-electron chi connectivity index (χ1n) is 6.23. The molecule has 0 saturated heterocycles. The molecule has 1 unspecified atom stereocenters. The highest BCUT2D eigenvalue weighted by Crippen LogP contribution is 2.39. The topological polar surface area (TPSA) is 65.5 Å². The minimum absolute atomic E-state index is 0.179. The van der Waals surface area contributed by atoms with Crippen molar-refractivity contribution in [2.75, 3.05) is 12.4 Å². The molecule has 0 radical (unpaired) electrons. The van der Waals surface area contributed by atoms with Crippen molar-refractivity contribution in [2.45, 2.75) is 25.3 Å². The predicted octanol–water partition coefficient (Wildman–Crippen LogP) is 1.77. The van der Waals surface area contributed by atoms with Gasteiger partial charge in [-0.1, -0.05) is 12.1 Å². The third kappa shape index (κ3) is 1.81. The van der Waals surface area contributed by atoms with Crippen LogP contribution in [0.3, 0.4) is 0 Å². The first-order valence-corrected chi connectivity index (χ1v) is 6.23. The van der Waals surface area contributed by atoms with Crippen LogP contribution in [0.1, 0.15) is 30.0 Å². The van der Waals surface area contributed by atoms with Crippen LogP contribution in [0.5, 0.6) is 0 Å². The van der Waals surface area contributed by atoms with Crippen LogP contribution >= 0.6 is 0 Å². The molecule has 0 aromatic heterocycles. The normalized spacial score (nSPS) is 20.3. The van der Waals surface area contributed by atoms with E-state index >= 15 is 0 Å². The van der Waals surface area contributed by atoms with Crippen LogP contribution in [0.25, 0.3) is 0 Å². The third-order valence-corrected chi connectivity index (χ3v) is 3.45. The molecule has 94 valence electrons. The fraction of sp³-hybridized carbons (Fsp3) is 0.385. The molecule has 0 bridgehead atoms. The van der Waals surface area contributed by atoms with Gasteiger partial charge in [-0.25, -0.2) is 9.79 Å². The molecule has 1 heterocycles. The molecule has 0 spiro atoms. The van der Waals surface area contributed by atoms with Crippen LogP contribution in [-0.2, 0) is 6.42 Å². The van der Waals surface area contributed by atoms with E-state index in [4.69, 9.17) is 0 Å². The van der Waals surface area contributed by atoms with Gasteiger partial charge in [0.15, 0.2) is 0 Å². The molecule has 5 heteroatoms. The van der Waals surface area contributed by atoms with E-state index < -0.39 is 0 Å².